The monoisotopic (exact) mass is 253 g/mol. The molecule has 94 valence electrons. The van der Waals surface area contributed by atoms with Crippen molar-refractivity contribution >= 4 is 12.0 Å². The number of hydrogen-bond acceptors (Lipinski definition) is 4. The maximum atomic E-state index is 8.87. The molecule has 0 aromatic heterocycles. The highest BCUT2D eigenvalue weighted by Crippen LogP contribution is 2.15. The second kappa shape index (κ2) is 7.01. The Bertz CT molecular complexity index is 323. The minimum atomic E-state index is 0.802. The molecule has 0 aliphatic carbocycles. The first kappa shape index (κ1) is 12.9. The Morgan fingerprint density at radius 1 is 1.18 bits per heavy atom. The van der Waals surface area contributed by atoms with E-state index in [1.807, 2.05) is 12.1 Å². The predicted octanol–water partition coefficient (Wildman–Crippen LogP) is 2.52. The molecule has 0 radical (unpaired) electrons. The Labute approximate surface area is 107 Å². The maximum absolute atomic E-state index is 8.87. The van der Waals surface area contributed by atoms with Gasteiger partial charge in [-0.25, -0.2) is 0 Å². The summed E-state index contributed by atoms with van der Waals surface area (Å²) in [6.07, 6.45) is 2.29. The Kier molecular flexibility index (Phi) is 5.32. The molecular formula is C13H19NO2S. The van der Waals surface area contributed by atoms with Crippen molar-refractivity contribution in [3.8, 4) is 0 Å². The topological polar surface area (TPSA) is 32.7 Å². The van der Waals surface area contributed by atoms with Gasteiger partial charge in [0.2, 0.25) is 0 Å². The third-order valence-electron chi connectivity index (χ3n) is 3.07. The molecule has 0 saturated carbocycles. The highest BCUT2D eigenvalue weighted by Gasteiger charge is 2.09. The fourth-order valence-corrected chi connectivity index (χ4v) is 2.31. The lowest BCUT2D eigenvalue weighted by molar-refractivity contribution is 0.0375. The van der Waals surface area contributed by atoms with Crippen molar-refractivity contribution in [3.05, 3.63) is 29.8 Å². The van der Waals surface area contributed by atoms with Gasteiger partial charge in [-0.2, -0.15) is 0 Å². The van der Waals surface area contributed by atoms with E-state index >= 15 is 0 Å². The molecule has 0 unspecified atom stereocenters. The van der Waals surface area contributed by atoms with E-state index in [9.17, 15) is 0 Å². The van der Waals surface area contributed by atoms with Crippen molar-refractivity contribution in [1.29, 1.82) is 0 Å². The molecule has 0 atom stereocenters. The van der Waals surface area contributed by atoms with Crippen molar-refractivity contribution in [1.82, 2.24) is 4.90 Å². The Morgan fingerprint density at radius 3 is 2.53 bits per heavy atom. The quantitative estimate of drug-likeness (QED) is 0.817. The fourth-order valence-electron chi connectivity index (χ4n) is 2.05. The number of rotatable bonds is 5. The molecule has 1 saturated heterocycles. The molecule has 0 spiro atoms. The molecule has 0 bridgehead atoms. The van der Waals surface area contributed by atoms with Gasteiger partial charge in [-0.05, 0) is 37.1 Å². The lowest BCUT2D eigenvalue weighted by Crippen LogP contribution is -2.36. The van der Waals surface area contributed by atoms with Gasteiger partial charge in [0.1, 0.15) is 0 Å². The van der Waals surface area contributed by atoms with Crippen LogP contribution in [0.15, 0.2) is 29.2 Å². The van der Waals surface area contributed by atoms with Crippen LogP contribution in [-0.4, -0.2) is 42.3 Å². The molecule has 17 heavy (non-hydrogen) atoms. The summed E-state index contributed by atoms with van der Waals surface area (Å²) >= 11 is 0.802. The van der Waals surface area contributed by atoms with Crippen molar-refractivity contribution in [2.24, 2.45) is 0 Å². The van der Waals surface area contributed by atoms with Crippen LogP contribution in [0.4, 0.5) is 0 Å². The largest absolute Gasteiger partial charge is 0.379 e. The lowest BCUT2D eigenvalue weighted by atomic mass is 10.1. The van der Waals surface area contributed by atoms with Crippen molar-refractivity contribution in [2.45, 2.75) is 17.7 Å². The van der Waals surface area contributed by atoms with Gasteiger partial charge in [0.25, 0.3) is 0 Å². The molecule has 4 heteroatoms. The van der Waals surface area contributed by atoms with Crippen LogP contribution in [0.25, 0.3) is 0 Å². The van der Waals surface area contributed by atoms with E-state index < -0.39 is 0 Å². The average molecular weight is 253 g/mol. The van der Waals surface area contributed by atoms with Crippen molar-refractivity contribution < 1.29 is 9.29 Å². The number of benzene rings is 1. The van der Waals surface area contributed by atoms with E-state index in [4.69, 9.17) is 9.29 Å². The standard InChI is InChI=1S/C13H19NO2S/c15-17-13-5-3-12(4-6-13)2-1-7-14-8-10-16-11-9-14/h3-6,15H,1-2,7-11H2. The van der Waals surface area contributed by atoms with E-state index in [0.717, 1.165) is 56.2 Å². The van der Waals surface area contributed by atoms with Gasteiger partial charge >= 0.3 is 0 Å². The van der Waals surface area contributed by atoms with Crippen LogP contribution in [0.3, 0.4) is 0 Å². The zero-order valence-electron chi connectivity index (χ0n) is 9.97. The van der Waals surface area contributed by atoms with Crippen molar-refractivity contribution in [3.63, 3.8) is 0 Å². The van der Waals surface area contributed by atoms with Gasteiger partial charge in [0.15, 0.2) is 0 Å². The summed E-state index contributed by atoms with van der Waals surface area (Å²) in [4.78, 5) is 3.36. The van der Waals surface area contributed by atoms with E-state index in [-0.39, 0.29) is 0 Å². The molecule has 3 nitrogen and oxygen atoms in total. The molecule has 2 rings (SSSR count). The second-order valence-corrected chi connectivity index (χ2v) is 4.95. The summed E-state index contributed by atoms with van der Waals surface area (Å²) in [5.74, 6) is 0. The first-order valence-electron chi connectivity index (χ1n) is 6.09. The Morgan fingerprint density at radius 2 is 1.88 bits per heavy atom. The number of nitrogens with zero attached hydrogens (tertiary/aromatic N) is 1. The number of ether oxygens (including phenoxy) is 1. The van der Waals surface area contributed by atoms with Gasteiger partial charge < -0.3 is 9.29 Å². The van der Waals surface area contributed by atoms with E-state index in [2.05, 4.69) is 17.0 Å². The van der Waals surface area contributed by atoms with Gasteiger partial charge in [-0.3, -0.25) is 4.90 Å². The molecule has 1 N–H and O–H groups in total. The van der Waals surface area contributed by atoms with Crippen LogP contribution in [0.5, 0.6) is 0 Å². The van der Waals surface area contributed by atoms with Gasteiger partial charge in [0.05, 0.1) is 13.2 Å². The summed E-state index contributed by atoms with van der Waals surface area (Å²) in [6.45, 7) is 5.05. The van der Waals surface area contributed by atoms with Crippen molar-refractivity contribution in [2.75, 3.05) is 32.8 Å². The molecule has 1 fully saturated rings. The number of hydrogen-bond donors (Lipinski definition) is 1. The zero-order chi connectivity index (χ0) is 11.9. The third-order valence-corrected chi connectivity index (χ3v) is 3.56. The fraction of sp³-hybridized carbons (Fsp3) is 0.538. The Hall–Kier alpha value is -0.550. The van der Waals surface area contributed by atoms with Crippen LogP contribution >= 0.6 is 12.0 Å². The minimum absolute atomic E-state index is 0.802. The van der Waals surface area contributed by atoms with Gasteiger partial charge in [-0.15, -0.1) is 0 Å². The highest BCUT2D eigenvalue weighted by atomic mass is 32.2. The molecular weight excluding hydrogens is 234 g/mol. The van der Waals surface area contributed by atoms with Crippen LogP contribution in [0.1, 0.15) is 12.0 Å². The summed E-state index contributed by atoms with van der Waals surface area (Å²) < 4.78 is 14.2. The van der Waals surface area contributed by atoms with Crippen LogP contribution < -0.4 is 0 Å². The Balaban J connectivity index is 1.69. The van der Waals surface area contributed by atoms with Gasteiger partial charge in [0, 0.05) is 30.0 Å². The summed E-state index contributed by atoms with van der Waals surface area (Å²) in [5.41, 5.74) is 1.34. The molecule has 1 aromatic carbocycles. The maximum Gasteiger partial charge on any atom is 0.0594 e. The number of morpholine rings is 1. The van der Waals surface area contributed by atoms with E-state index in [1.54, 1.807) is 0 Å². The summed E-state index contributed by atoms with van der Waals surface area (Å²) in [6, 6.07) is 8.12. The average Bonchev–Trinajstić information content (AvgIpc) is 2.41. The molecule has 1 aliphatic heterocycles. The third kappa shape index (κ3) is 4.32. The van der Waals surface area contributed by atoms with Crippen LogP contribution in [0.2, 0.25) is 0 Å². The molecule has 1 aromatic rings. The highest BCUT2D eigenvalue weighted by molar-refractivity contribution is 7.93. The molecule has 0 amide bonds. The SMILES string of the molecule is OSc1ccc(CCCN2CCOCC2)cc1. The lowest BCUT2D eigenvalue weighted by Gasteiger charge is -2.26. The predicted molar refractivity (Wildman–Crippen MR) is 70.5 cm³/mol. The summed E-state index contributed by atoms with van der Waals surface area (Å²) in [5, 5.41) is 0. The molecule has 1 aliphatic rings. The molecule has 1 heterocycles. The minimum Gasteiger partial charge on any atom is -0.379 e. The number of aryl methyl sites for hydroxylation is 1. The summed E-state index contributed by atoms with van der Waals surface area (Å²) in [7, 11) is 0. The first-order chi connectivity index (χ1) is 8.38. The van der Waals surface area contributed by atoms with Gasteiger partial charge in [-0.1, -0.05) is 12.1 Å². The smallest absolute Gasteiger partial charge is 0.0594 e. The zero-order valence-corrected chi connectivity index (χ0v) is 10.8. The normalized spacial score (nSPS) is 17.2. The second-order valence-electron chi connectivity index (χ2n) is 4.29. The van der Waals surface area contributed by atoms with Crippen LogP contribution in [0, 0.1) is 0 Å². The van der Waals surface area contributed by atoms with E-state index in [1.165, 1.54) is 12.0 Å². The van der Waals surface area contributed by atoms with E-state index in [0.29, 0.717) is 0 Å². The first-order valence-corrected chi connectivity index (χ1v) is 6.86. The van der Waals surface area contributed by atoms with Crippen LogP contribution in [-0.2, 0) is 11.2 Å².